The maximum Gasteiger partial charge on any atom is 0.309 e. The first kappa shape index (κ1) is 29.1. The van der Waals surface area contributed by atoms with E-state index in [0.717, 1.165) is 11.1 Å². The summed E-state index contributed by atoms with van der Waals surface area (Å²) >= 11 is 0. The maximum absolute atomic E-state index is 14.2. The maximum atomic E-state index is 14.2. The van der Waals surface area contributed by atoms with Gasteiger partial charge in [-0.05, 0) is 77.9 Å². The molecule has 4 N–H and O–H groups in total. The van der Waals surface area contributed by atoms with Gasteiger partial charge < -0.3 is 25.6 Å². The number of primary amides is 1. The highest BCUT2D eigenvalue weighted by Gasteiger charge is 2.48. The first-order valence-electron chi connectivity index (χ1n) is 14.0. The van der Waals surface area contributed by atoms with E-state index in [1.54, 1.807) is 30.3 Å². The number of anilines is 1. The standard InChI is InChI=1S/C32H34FN3O6/c1-4-18-12-22(33)13-19(5-2)28(18)35-26(37)15-36-14-24(23-10-11-25-30(17(23)3)42-16-41-25)27(32(39)40)29(36)20-6-8-21(9-7-20)31(34)38/h6-13,24,27,29H,4-5,14-16H2,1-3H3,(H2,34,38)(H,35,37)(H,39,40)/t24-,27?,29+/m1/s1. The zero-order valence-corrected chi connectivity index (χ0v) is 23.8. The fourth-order valence-electron chi connectivity index (χ4n) is 6.29. The van der Waals surface area contributed by atoms with E-state index in [1.165, 1.54) is 12.1 Å². The number of rotatable bonds is 9. The number of fused-ring (bicyclic) bond motifs is 1. The molecule has 3 aromatic carbocycles. The van der Waals surface area contributed by atoms with Crippen molar-refractivity contribution < 1.29 is 33.4 Å². The molecule has 0 saturated carbocycles. The van der Waals surface area contributed by atoms with Crippen LogP contribution in [0.1, 0.15) is 64.0 Å². The summed E-state index contributed by atoms with van der Waals surface area (Å²) in [7, 11) is 0. The molecule has 220 valence electrons. The van der Waals surface area contributed by atoms with E-state index in [0.29, 0.717) is 52.3 Å². The Bertz CT molecular complexity index is 1510. The molecule has 2 aliphatic heterocycles. The predicted molar refractivity (Wildman–Crippen MR) is 154 cm³/mol. The van der Waals surface area contributed by atoms with Crippen molar-refractivity contribution in [3.05, 3.63) is 87.7 Å². The van der Waals surface area contributed by atoms with Crippen molar-refractivity contribution >= 4 is 23.5 Å². The van der Waals surface area contributed by atoms with E-state index in [9.17, 15) is 23.9 Å². The first-order chi connectivity index (χ1) is 20.1. The van der Waals surface area contributed by atoms with Crippen LogP contribution in [0.3, 0.4) is 0 Å². The molecule has 9 nitrogen and oxygen atoms in total. The van der Waals surface area contributed by atoms with Crippen LogP contribution in [-0.4, -0.2) is 47.7 Å². The Hall–Kier alpha value is -4.44. The zero-order chi connectivity index (χ0) is 30.1. The van der Waals surface area contributed by atoms with Crippen molar-refractivity contribution in [1.82, 2.24) is 4.90 Å². The minimum Gasteiger partial charge on any atom is -0.481 e. The van der Waals surface area contributed by atoms with Gasteiger partial charge in [0, 0.05) is 29.8 Å². The Balaban J connectivity index is 1.52. The van der Waals surface area contributed by atoms with Crippen LogP contribution in [0.25, 0.3) is 0 Å². The number of carbonyl (C=O) groups excluding carboxylic acids is 2. The summed E-state index contributed by atoms with van der Waals surface area (Å²) in [5, 5.41) is 13.5. The quantitative estimate of drug-likeness (QED) is 0.341. The summed E-state index contributed by atoms with van der Waals surface area (Å²) in [6, 6.07) is 12.3. The molecule has 2 aliphatic rings. The molecule has 2 amide bonds. The average molecular weight is 576 g/mol. The minimum atomic E-state index is -1.01. The number of aliphatic carboxylic acids is 1. The third-order valence-electron chi connectivity index (χ3n) is 8.29. The molecular formula is C32H34FN3O6. The lowest BCUT2D eigenvalue weighted by Gasteiger charge is -2.27. The van der Waals surface area contributed by atoms with Crippen molar-refractivity contribution in [2.75, 3.05) is 25.2 Å². The van der Waals surface area contributed by atoms with Gasteiger partial charge in [-0.15, -0.1) is 0 Å². The van der Waals surface area contributed by atoms with E-state index in [-0.39, 0.29) is 31.6 Å². The van der Waals surface area contributed by atoms with Crippen LogP contribution < -0.4 is 20.5 Å². The monoisotopic (exact) mass is 575 g/mol. The van der Waals surface area contributed by atoms with E-state index in [2.05, 4.69) is 5.32 Å². The minimum absolute atomic E-state index is 0.0939. The van der Waals surface area contributed by atoms with Gasteiger partial charge in [0.2, 0.25) is 18.6 Å². The molecule has 5 rings (SSSR count). The van der Waals surface area contributed by atoms with Gasteiger partial charge >= 0.3 is 5.97 Å². The highest BCUT2D eigenvalue weighted by atomic mass is 19.1. The molecule has 3 aromatic rings. The molecule has 0 spiro atoms. The number of benzene rings is 3. The largest absolute Gasteiger partial charge is 0.481 e. The number of hydrogen-bond donors (Lipinski definition) is 3. The van der Waals surface area contributed by atoms with Crippen molar-refractivity contribution in [3.63, 3.8) is 0 Å². The third-order valence-corrected chi connectivity index (χ3v) is 8.29. The predicted octanol–water partition coefficient (Wildman–Crippen LogP) is 4.57. The van der Waals surface area contributed by atoms with Gasteiger partial charge in [-0.2, -0.15) is 0 Å². The van der Waals surface area contributed by atoms with Gasteiger partial charge in [0.1, 0.15) is 5.82 Å². The summed E-state index contributed by atoms with van der Waals surface area (Å²) in [4.78, 5) is 40.0. The Morgan fingerprint density at radius 1 is 1.05 bits per heavy atom. The van der Waals surface area contributed by atoms with Gasteiger partial charge in [0.25, 0.3) is 0 Å². The van der Waals surface area contributed by atoms with Gasteiger partial charge in [-0.25, -0.2) is 4.39 Å². The number of likely N-dealkylation sites (tertiary alicyclic amines) is 1. The first-order valence-corrected chi connectivity index (χ1v) is 14.0. The molecule has 1 unspecified atom stereocenters. The van der Waals surface area contributed by atoms with Crippen molar-refractivity contribution in [2.45, 2.75) is 45.6 Å². The molecule has 0 aromatic heterocycles. The highest BCUT2D eigenvalue weighted by Crippen LogP contribution is 2.49. The van der Waals surface area contributed by atoms with Gasteiger partial charge in [-0.1, -0.05) is 32.0 Å². The second kappa shape index (κ2) is 11.8. The van der Waals surface area contributed by atoms with E-state index < -0.39 is 29.8 Å². The van der Waals surface area contributed by atoms with Crippen LogP contribution in [0.2, 0.25) is 0 Å². The fourth-order valence-corrected chi connectivity index (χ4v) is 6.29. The van der Waals surface area contributed by atoms with Gasteiger partial charge in [-0.3, -0.25) is 19.3 Å². The Kier molecular flexibility index (Phi) is 8.17. The smallest absolute Gasteiger partial charge is 0.309 e. The lowest BCUT2D eigenvalue weighted by Crippen LogP contribution is -2.35. The molecule has 3 atom stereocenters. The average Bonchev–Trinajstić information content (AvgIpc) is 3.59. The van der Waals surface area contributed by atoms with E-state index in [4.69, 9.17) is 15.2 Å². The normalized spacial score (nSPS) is 19.6. The molecule has 10 heteroatoms. The molecule has 0 radical (unpaired) electrons. The van der Waals surface area contributed by atoms with Crippen LogP contribution in [0, 0.1) is 18.7 Å². The van der Waals surface area contributed by atoms with Crippen LogP contribution in [0.15, 0.2) is 48.5 Å². The van der Waals surface area contributed by atoms with E-state index >= 15 is 0 Å². The molecule has 1 saturated heterocycles. The summed E-state index contributed by atoms with van der Waals surface area (Å²) < 4.78 is 25.3. The number of halogens is 1. The number of nitrogens with zero attached hydrogens (tertiary/aromatic N) is 1. The van der Waals surface area contributed by atoms with Crippen LogP contribution in [-0.2, 0) is 22.4 Å². The van der Waals surface area contributed by atoms with Gasteiger partial charge in [0.05, 0.1) is 12.5 Å². The van der Waals surface area contributed by atoms with Crippen LogP contribution in [0.5, 0.6) is 11.5 Å². The van der Waals surface area contributed by atoms with Crippen molar-refractivity contribution in [1.29, 1.82) is 0 Å². The van der Waals surface area contributed by atoms with Crippen LogP contribution >= 0.6 is 0 Å². The summed E-state index contributed by atoms with van der Waals surface area (Å²) in [5.41, 5.74) is 9.94. The Morgan fingerprint density at radius 2 is 1.71 bits per heavy atom. The number of carboxylic acids is 1. The molecule has 0 bridgehead atoms. The molecule has 0 aliphatic carbocycles. The highest BCUT2D eigenvalue weighted by molar-refractivity contribution is 5.94. The summed E-state index contributed by atoms with van der Waals surface area (Å²) in [5.74, 6) is -2.49. The topological polar surface area (TPSA) is 131 Å². The number of carboxylic acid groups (broad SMARTS) is 1. The number of carbonyl (C=O) groups is 3. The van der Waals surface area contributed by atoms with Crippen molar-refractivity contribution in [3.8, 4) is 11.5 Å². The van der Waals surface area contributed by atoms with Crippen LogP contribution in [0.4, 0.5) is 10.1 Å². The van der Waals surface area contributed by atoms with Gasteiger partial charge in [0.15, 0.2) is 11.5 Å². The number of aryl methyl sites for hydroxylation is 2. The second-order valence-corrected chi connectivity index (χ2v) is 10.7. The molecule has 2 heterocycles. The number of nitrogens with two attached hydrogens (primary N) is 1. The van der Waals surface area contributed by atoms with E-state index in [1.807, 2.05) is 31.7 Å². The van der Waals surface area contributed by atoms with Crippen molar-refractivity contribution in [2.24, 2.45) is 11.7 Å². The summed E-state index contributed by atoms with van der Waals surface area (Å²) in [6.45, 7) is 5.93. The summed E-state index contributed by atoms with van der Waals surface area (Å²) in [6.07, 6.45) is 1.07. The number of ether oxygens (including phenoxy) is 2. The number of nitrogens with one attached hydrogen (secondary N) is 1. The number of hydrogen-bond acceptors (Lipinski definition) is 6. The fraction of sp³-hybridized carbons (Fsp3) is 0.344. The number of amides is 2. The molecule has 42 heavy (non-hydrogen) atoms. The lowest BCUT2D eigenvalue weighted by molar-refractivity contribution is -0.143. The third kappa shape index (κ3) is 5.42. The molecular weight excluding hydrogens is 541 g/mol. The zero-order valence-electron chi connectivity index (χ0n) is 23.8. The molecule has 1 fully saturated rings. The SMILES string of the molecule is CCc1cc(F)cc(CC)c1NC(=O)CN1C[C@H](c2ccc3c(c2C)OCO3)C(C(=O)O)[C@@H]1c1ccc(C(N)=O)cc1. The Labute approximate surface area is 243 Å². The Morgan fingerprint density at radius 3 is 2.31 bits per heavy atom. The lowest BCUT2D eigenvalue weighted by atomic mass is 9.81. The second-order valence-electron chi connectivity index (χ2n) is 10.7.